The van der Waals surface area contributed by atoms with E-state index in [1.807, 2.05) is 20.8 Å². The van der Waals surface area contributed by atoms with Gasteiger partial charge in [0.1, 0.15) is 11.2 Å². The van der Waals surface area contributed by atoms with Crippen LogP contribution in [0.3, 0.4) is 0 Å². The van der Waals surface area contributed by atoms with E-state index in [1.165, 1.54) is 11.0 Å². The molecular formula is C28H38N2O5. The summed E-state index contributed by atoms with van der Waals surface area (Å²) in [5.41, 5.74) is -2.11. The number of ether oxygens (including phenoxy) is 1. The summed E-state index contributed by atoms with van der Waals surface area (Å²) in [6.45, 7) is 14.2. The third kappa shape index (κ3) is 3.57. The highest BCUT2D eigenvalue weighted by Gasteiger charge is 2.69. The zero-order valence-corrected chi connectivity index (χ0v) is 21.9. The fourth-order valence-corrected chi connectivity index (χ4v) is 7.62. The number of nitrogens with zero attached hydrogens (tertiary/aromatic N) is 1. The Morgan fingerprint density at radius 3 is 2.06 bits per heavy atom. The lowest BCUT2D eigenvalue weighted by atomic mass is 9.46. The molecule has 6 rings (SSSR count). The highest BCUT2D eigenvalue weighted by molar-refractivity contribution is 6.22. The number of hydrogen-bond donors (Lipinski definition) is 2. The van der Waals surface area contributed by atoms with Gasteiger partial charge in [-0.1, -0.05) is 13.8 Å². The predicted octanol–water partition coefficient (Wildman–Crippen LogP) is 4.08. The number of carbonyl (C=O) groups excluding carboxylic acids is 3. The average molecular weight is 483 g/mol. The normalized spacial score (nSPS) is 34.9. The van der Waals surface area contributed by atoms with Crippen LogP contribution in [0.1, 0.15) is 112 Å². The third-order valence-corrected chi connectivity index (χ3v) is 9.22. The smallest absolute Gasteiger partial charge is 0.338 e. The lowest BCUT2D eigenvalue weighted by molar-refractivity contribution is -0.285. The van der Waals surface area contributed by atoms with Gasteiger partial charge in [-0.05, 0) is 90.8 Å². The fourth-order valence-electron chi connectivity index (χ4n) is 7.62. The molecule has 3 aliphatic carbocycles. The number of nitrogens with one attached hydrogen (secondary N) is 1. The van der Waals surface area contributed by atoms with Crippen LogP contribution in [-0.4, -0.2) is 56.1 Å². The molecule has 2 amide bonds. The molecule has 3 saturated carbocycles. The zero-order valence-electron chi connectivity index (χ0n) is 21.9. The summed E-state index contributed by atoms with van der Waals surface area (Å²) in [7, 11) is 0. The third-order valence-electron chi connectivity index (χ3n) is 9.22. The molecule has 4 fully saturated rings. The molecular weight excluding hydrogens is 444 g/mol. The lowest BCUT2D eigenvalue weighted by Gasteiger charge is -2.65. The van der Waals surface area contributed by atoms with Crippen molar-refractivity contribution < 1.29 is 24.2 Å². The molecule has 0 spiro atoms. The molecule has 5 aliphatic rings. The van der Waals surface area contributed by atoms with Gasteiger partial charge in [0.25, 0.3) is 11.8 Å². The Morgan fingerprint density at radius 2 is 1.49 bits per heavy atom. The molecule has 0 radical (unpaired) electrons. The van der Waals surface area contributed by atoms with Gasteiger partial charge in [-0.25, -0.2) is 4.79 Å². The largest absolute Gasteiger partial charge is 0.452 e. The van der Waals surface area contributed by atoms with Crippen molar-refractivity contribution in [3.63, 3.8) is 0 Å². The van der Waals surface area contributed by atoms with Crippen LogP contribution in [0.5, 0.6) is 0 Å². The van der Waals surface area contributed by atoms with Crippen molar-refractivity contribution in [2.75, 3.05) is 0 Å². The molecule has 2 heterocycles. The second-order valence-corrected chi connectivity index (χ2v) is 13.5. The van der Waals surface area contributed by atoms with Crippen molar-refractivity contribution in [3.05, 3.63) is 34.9 Å². The number of piperidine rings is 1. The van der Waals surface area contributed by atoms with E-state index >= 15 is 0 Å². The van der Waals surface area contributed by atoms with E-state index in [9.17, 15) is 19.5 Å². The van der Waals surface area contributed by atoms with Crippen molar-refractivity contribution >= 4 is 17.8 Å². The minimum absolute atomic E-state index is 0.222. The Labute approximate surface area is 207 Å². The van der Waals surface area contributed by atoms with Gasteiger partial charge < -0.3 is 15.2 Å². The van der Waals surface area contributed by atoms with E-state index in [1.54, 1.807) is 12.1 Å². The highest BCUT2D eigenvalue weighted by Crippen LogP contribution is 2.63. The molecule has 1 saturated heterocycles. The SMILES string of the molecule is CC1(C)CC(N2C(=O)c3ccc(C(=O)OC4(C)C(C)(C)CC5CC4(O)C5)cc3C2=O)CC(C)(C)N1. The molecule has 0 aromatic heterocycles. The maximum absolute atomic E-state index is 13.5. The Morgan fingerprint density at radius 1 is 0.914 bits per heavy atom. The van der Waals surface area contributed by atoms with Gasteiger partial charge >= 0.3 is 5.97 Å². The first-order chi connectivity index (χ1) is 16.0. The first-order valence-electron chi connectivity index (χ1n) is 12.7. The summed E-state index contributed by atoms with van der Waals surface area (Å²) >= 11 is 0. The molecule has 2 bridgehead atoms. The summed E-state index contributed by atoms with van der Waals surface area (Å²) in [6.07, 6.45) is 3.46. The van der Waals surface area contributed by atoms with Gasteiger partial charge in [-0.2, -0.15) is 0 Å². The second-order valence-electron chi connectivity index (χ2n) is 13.5. The molecule has 7 nitrogen and oxygen atoms in total. The molecule has 190 valence electrons. The number of carbonyl (C=O) groups is 3. The fraction of sp³-hybridized carbons (Fsp3) is 0.679. The Balaban J connectivity index is 1.41. The molecule has 35 heavy (non-hydrogen) atoms. The Hall–Kier alpha value is -2.25. The maximum atomic E-state index is 13.5. The van der Waals surface area contributed by atoms with Gasteiger partial charge in [0, 0.05) is 22.5 Å². The van der Waals surface area contributed by atoms with Crippen LogP contribution in [-0.2, 0) is 4.74 Å². The van der Waals surface area contributed by atoms with Crippen molar-refractivity contribution in [2.24, 2.45) is 11.3 Å². The minimum Gasteiger partial charge on any atom is -0.452 e. The summed E-state index contributed by atoms with van der Waals surface area (Å²) in [5.74, 6) is -0.784. The summed E-state index contributed by atoms with van der Waals surface area (Å²) in [5, 5.41) is 14.8. The number of fused-ring (bicyclic) bond motifs is 3. The average Bonchev–Trinajstić information content (AvgIpc) is 2.92. The lowest BCUT2D eigenvalue weighted by Crippen LogP contribution is -2.72. The zero-order chi connectivity index (χ0) is 25.8. The molecule has 1 atom stereocenters. The number of benzene rings is 1. The van der Waals surface area contributed by atoms with E-state index in [4.69, 9.17) is 4.74 Å². The Kier molecular flexibility index (Phi) is 5.00. The molecule has 2 N–H and O–H groups in total. The molecule has 7 heteroatoms. The predicted molar refractivity (Wildman–Crippen MR) is 131 cm³/mol. The molecule has 1 unspecified atom stereocenters. The van der Waals surface area contributed by atoms with Crippen molar-refractivity contribution in [1.29, 1.82) is 0 Å². The molecule has 1 aromatic rings. The first-order valence-corrected chi connectivity index (χ1v) is 12.7. The minimum atomic E-state index is -1.04. The number of aliphatic hydroxyl groups is 1. The van der Waals surface area contributed by atoms with Gasteiger partial charge in [-0.15, -0.1) is 0 Å². The number of hydrogen-bond acceptors (Lipinski definition) is 6. The first kappa shape index (κ1) is 24.4. The summed E-state index contributed by atoms with van der Waals surface area (Å²) in [6, 6.07) is 4.37. The topological polar surface area (TPSA) is 95.9 Å². The van der Waals surface area contributed by atoms with Crippen LogP contribution in [0.15, 0.2) is 18.2 Å². The molecule has 2 aliphatic heterocycles. The number of imide groups is 1. The van der Waals surface area contributed by atoms with Crippen molar-refractivity contribution in [3.8, 4) is 0 Å². The second kappa shape index (κ2) is 7.16. The van der Waals surface area contributed by atoms with Crippen LogP contribution in [0, 0.1) is 11.3 Å². The Bertz CT molecular complexity index is 1110. The van der Waals surface area contributed by atoms with Gasteiger partial charge in [0.15, 0.2) is 0 Å². The van der Waals surface area contributed by atoms with Gasteiger partial charge in [0.05, 0.1) is 16.7 Å². The monoisotopic (exact) mass is 482 g/mol. The van der Waals surface area contributed by atoms with E-state index in [2.05, 4.69) is 33.0 Å². The van der Waals surface area contributed by atoms with Crippen LogP contribution >= 0.6 is 0 Å². The van der Waals surface area contributed by atoms with Gasteiger partial charge in [0.2, 0.25) is 0 Å². The van der Waals surface area contributed by atoms with Crippen LogP contribution in [0.25, 0.3) is 0 Å². The summed E-state index contributed by atoms with van der Waals surface area (Å²) in [4.78, 5) is 41.4. The van der Waals surface area contributed by atoms with E-state index in [-0.39, 0.29) is 45.5 Å². The van der Waals surface area contributed by atoms with Crippen LogP contribution < -0.4 is 5.32 Å². The number of amides is 2. The standard InChI is InChI=1S/C28H38N2O5/c1-24(2)11-16-12-28(34,13-16)27(24,7)35-23(33)17-8-9-19-20(10-17)22(32)30(21(19)31)18-14-25(3,4)29-26(5,6)15-18/h8-10,16,18,29,34H,11-15H2,1-7H3. The van der Waals surface area contributed by atoms with E-state index < -0.39 is 17.2 Å². The van der Waals surface area contributed by atoms with Crippen molar-refractivity contribution in [1.82, 2.24) is 10.2 Å². The highest BCUT2D eigenvalue weighted by atomic mass is 16.6. The summed E-state index contributed by atoms with van der Waals surface area (Å²) < 4.78 is 6.05. The van der Waals surface area contributed by atoms with Gasteiger partial charge in [-0.3, -0.25) is 14.5 Å². The quantitative estimate of drug-likeness (QED) is 0.498. The number of esters is 1. The molecule has 1 aromatic carbocycles. The van der Waals surface area contributed by atoms with Crippen LogP contribution in [0.4, 0.5) is 0 Å². The van der Waals surface area contributed by atoms with Crippen molar-refractivity contribution in [2.45, 2.75) is 109 Å². The van der Waals surface area contributed by atoms with Crippen LogP contribution in [0.2, 0.25) is 0 Å². The van der Waals surface area contributed by atoms with E-state index in [0.717, 1.165) is 6.42 Å². The van der Waals surface area contributed by atoms with E-state index in [0.29, 0.717) is 37.2 Å². The number of rotatable bonds is 3. The maximum Gasteiger partial charge on any atom is 0.338 e.